The number of hydrogen-bond donors (Lipinski definition) is 3. The van der Waals surface area contributed by atoms with Crippen molar-refractivity contribution in [2.45, 2.75) is 58.3 Å². The zero-order chi connectivity index (χ0) is 24.4. The van der Waals surface area contributed by atoms with Crippen LogP contribution in [0.15, 0.2) is 48.5 Å². The SMILES string of the molecule is CC(=O)Nc1ccccc1C(=O)N[C@@H](Cc1ccc(B2OC(C)(C)C(C)(C)O2)cc1)C(N)=O. The Morgan fingerprint density at radius 3 is 2.09 bits per heavy atom. The lowest BCUT2D eigenvalue weighted by atomic mass is 9.78. The van der Waals surface area contributed by atoms with Crippen LogP contribution in [0.25, 0.3) is 0 Å². The van der Waals surface area contributed by atoms with Crippen molar-refractivity contribution in [3.63, 3.8) is 0 Å². The Bertz CT molecular complexity index is 1040. The fourth-order valence-electron chi connectivity index (χ4n) is 3.46. The quantitative estimate of drug-likeness (QED) is 0.555. The second-order valence-electron chi connectivity index (χ2n) is 9.19. The van der Waals surface area contributed by atoms with Crippen LogP contribution in [0.1, 0.15) is 50.5 Å². The van der Waals surface area contributed by atoms with Gasteiger partial charge in [0.1, 0.15) is 6.04 Å². The van der Waals surface area contributed by atoms with Gasteiger partial charge in [0.2, 0.25) is 11.8 Å². The largest absolute Gasteiger partial charge is 0.494 e. The summed E-state index contributed by atoms with van der Waals surface area (Å²) in [6.45, 7) is 9.32. The second-order valence-corrected chi connectivity index (χ2v) is 9.19. The Morgan fingerprint density at radius 2 is 1.55 bits per heavy atom. The molecular formula is C24H30BN3O5. The molecule has 1 atom stereocenters. The highest BCUT2D eigenvalue weighted by molar-refractivity contribution is 6.62. The summed E-state index contributed by atoms with van der Waals surface area (Å²) in [5.74, 6) is -1.46. The number of benzene rings is 2. The van der Waals surface area contributed by atoms with Crippen LogP contribution in [0.4, 0.5) is 5.69 Å². The summed E-state index contributed by atoms with van der Waals surface area (Å²) >= 11 is 0. The third-order valence-corrected chi connectivity index (χ3v) is 6.08. The van der Waals surface area contributed by atoms with Gasteiger partial charge in [0.25, 0.3) is 5.91 Å². The van der Waals surface area contributed by atoms with Crippen molar-refractivity contribution in [1.82, 2.24) is 5.32 Å². The normalized spacial score (nSPS) is 17.3. The maximum Gasteiger partial charge on any atom is 0.494 e. The van der Waals surface area contributed by atoms with Gasteiger partial charge in [0, 0.05) is 13.3 Å². The highest BCUT2D eigenvalue weighted by atomic mass is 16.7. The molecule has 1 saturated heterocycles. The van der Waals surface area contributed by atoms with Gasteiger partial charge in [-0.3, -0.25) is 14.4 Å². The molecule has 2 aromatic carbocycles. The second kappa shape index (κ2) is 9.37. The number of nitrogens with two attached hydrogens (primary N) is 1. The number of amides is 3. The first kappa shape index (κ1) is 24.5. The zero-order valence-corrected chi connectivity index (χ0v) is 19.6. The first-order valence-electron chi connectivity index (χ1n) is 10.8. The number of rotatable bonds is 7. The van der Waals surface area contributed by atoms with E-state index >= 15 is 0 Å². The van der Waals surface area contributed by atoms with Crippen molar-refractivity contribution in [1.29, 1.82) is 0 Å². The fourth-order valence-corrected chi connectivity index (χ4v) is 3.46. The Morgan fingerprint density at radius 1 is 0.970 bits per heavy atom. The van der Waals surface area contributed by atoms with Gasteiger partial charge in [-0.05, 0) is 50.9 Å². The molecular weight excluding hydrogens is 421 g/mol. The average molecular weight is 451 g/mol. The Labute approximate surface area is 194 Å². The van der Waals surface area contributed by atoms with Gasteiger partial charge in [-0.1, -0.05) is 36.4 Å². The molecule has 0 aliphatic carbocycles. The topological polar surface area (TPSA) is 120 Å². The Hall–Kier alpha value is -3.17. The molecule has 4 N–H and O–H groups in total. The highest BCUT2D eigenvalue weighted by Crippen LogP contribution is 2.36. The van der Waals surface area contributed by atoms with Gasteiger partial charge in [-0.2, -0.15) is 0 Å². The zero-order valence-electron chi connectivity index (χ0n) is 19.6. The van der Waals surface area contributed by atoms with E-state index < -0.39 is 36.2 Å². The van der Waals surface area contributed by atoms with E-state index in [-0.39, 0.29) is 17.9 Å². The van der Waals surface area contributed by atoms with Crippen LogP contribution in [0, 0.1) is 0 Å². The van der Waals surface area contributed by atoms with Gasteiger partial charge in [-0.25, -0.2) is 0 Å². The number of anilines is 1. The van der Waals surface area contributed by atoms with Crippen LogP contribution in [0.5, 0.6) is 0 Å². The molecule has 0 saturated carbocycles. The monoisotopic (exact) mass is 451 g/mol. The molecule has 0 aromatic heterocycles. The molecule has 3 amide bonds. The number of primary amides is 1. The summed E-state index contributed by atoms with van der Waals surface area (Å²) in [7, 11) is -0.485. The van der Waals surface area contributed by atoms with Crippen molar-refractivity contribution in [2.75, 3.05) is 5.32 Å². The summed E-state index contributed by atoms with van der Waals surface area (Å²) in [5.41, 5.74) is 6.96. The first-order valence-corrected chi connectivity index (χ1v) is 10.8. The molecule has 1 fully saturated rings. The third kappa shape index (κ3) is 5.61. The molecule has 0 bridgehead atoms. The van der Waals surface area contributed by atoms with E-state index in [1.807, 2.05) is 52.0 Å². The third-order valence-electron chi connectivity index (χ3n) is 6.08. The van der Waals surface area contributed by atoms with Crippen LogP contribution in [0.2, 0.25) is 0 Å². The lowest BCUT2D eigenvalue weighted by Gasteiger charge is -2.32. The molecule has 1 heterocycles. The summed E-state index contributed by atoms with van der Waals surface area (Å²) in [6.07, 6.45) is 0.215. The number of nitrogens with one attached hydrogen (secondary N) is 2. The summed E-state index contributed by atoms with van der Waals surface area (Å²) in [5, 5.41) is 5.28. The highest BCUT2D eigenvalue weighted by Gasteiger charge is 2.51. The van der Waals surface area contributed by atoms with Crippen LogP contribution >= 0.6 is 0 Å². The van der Waals surface area contributed by atoms with Crippen LogP contribution in [0.3, 0.4) is 0 Å². The van der Waals surface area contributed by atoms with E-state index in [0.717, 1.165) is 11.0 Å². The summed E-state index contributed by atoms with van der Waals surface area (Å²) in [6, 6.07) is 13.1. The number of carbonyl (C=O) groups is 3. The van der Waals surface area contributed by atoms with Crippen molar-refractivity contribution >= 4 is 36.0 Å². The van der Waals surface area contributed by atoms with E-state index in [4.69, 9.17) is 15.0 Å². The van der Waals surface area contributed by atoms with Gasteiger partial charge in [-0.15, -0.1) is 0 Å². The minimum absolute atomic E-state index is 0.215. The Balaban J connectivity index is 1.70. The number of para-hydroxylation sites is 1. The summed E-state index contributed by atoms with van der Waals surface area (Å²) < 4.78 is 12.1. The Kier molecular flexibility index (Phi) is 6.95. The van der Waals surface area contributed by atoms with E-state index in [2.05, 4.69) is 10.6 Å². The molecule has 9 heteroatoms. The molecule has 8 nitrogen and oxygen atoms in total. The predicted molar refractivity (Wildman–Crippen MR) is 127 cm³/mol. The summed E-state index contributed by atoms with van der Waals surface area (Å²) in [4.78, 5) is 36.3. The molecule has 174 valence electrons. The maximum atomic E-state index is 12.8. The molecule has 0 unspecified atom stereocenters. The van der Waals surface area contributed by atoms with Crippen LogP contribution in [-0.2, 0) is 25.3 Å². The van der Waals surface area contributed by atoms with Gasteiger partial charge >= 0.3 is 7.12 Å². The van der Waals surface area contributed by atoms with Crippen molar-refractivity contribution in [3.05, 3.63) is 59.7 Å². The molecule has 3 rings (SSSR count). The lowest BCUT2D eigenvalue weighted by Crippen LogP contribution is -2.46. The van der Waals surface area contributed by atoms with Crippen LogP contribution < -0.4 is 21.8 Å². The average Bonchev–Trinajstić information content (AvgIpc) is 2.95. The fraction of sp³-hybridized carbons (Fsp3) is 0.375. The smallest absolute Gasteiger partial charge is 0.399 e. The van der Waals surface area contributed by atoms with Crippen molar-refractivity contribution < 1.29 is 23.7 Å². The van der Waals surface area contributed by atoms with E-state index in [1.165, 1.54) is 6.92 Å². The van der Waals surface area contributed by atoms with Crippen LogP contribution in [-0.4, -0.2) is 42.1 Å². The van der Waals surface area contributed by atoms with Gasteiger partial charge in [0.15, 0.2) is 0 Å². The maximum absolute atomic E-state index is 12.8. The molecule has 0 spiro atoms. The molecule has 0 radical (unpaired) electrons. The molecule has 33 heavy (non-hydrogen) atoms. The van der Waals surface area contributed by atoms with Crippen molar-refractivity contribution in [2.24, 2.45) is 5.73 Å². The standard InChI is InChI=1S/C24H30BN3O5/c1-15(29)27-19-9-7-6-8-18(19)22(31)28-20(21(26)30)14-16-10-12-17(13-11-16)25-32-23(2,3)24(4,5)33-25/h6-13,20H,14H2,1-5H3,(H2,26,30)(H,27,29)(H,28,31)/t20-/m0/s1. The van der Waals surface area contributed by atoms with Crippen molar-refractivity contribution in [3.8, 4) is 0 Å². The minimum Gasteiger partial charge on any atom is -0.399 e. The van der Waals surface area contributed by atoms with E-state index in [0.29, 0.717) is 5.69 Å². The lowest BCUT2D eigenvalue weighted by molar-refractivity contribution is -0.119. The minimum atomic E-state index is -0.925. The number of hydrogen-bond acceptors (Lipinski definition) is 5. The first-order chi connectivity index (χ1) is 15.4. The number of carbonyl (C=O) groups excluding carboxylic acids is 3. The molecule has 2 aromatic rings. The molecule has 1 aliphatic rings. The predicted octanol–water partition coefficient (Wildman–Crippen LogP) is 1.77. The van der Waals surface area contributed by atoms with E-state index in [1.54, 1.807) is 24.3 Å². The van der Waals surface area contributed by atoms with Gasteiger partial charge in [0.05, 0.1) is 22.5 Å². The van der Waals surface area contributed by atoms with E-state index in [9.17, 15) is 14.4 Å². The molecule has 1 aliphatic heterocycles. The van der Waals surface area contributed by atoms with Gasteiger partial charge < -0.3 is 25.7 Å².